The Morgan fingerprint density at radius 1 is 1.23 bits per heavy atom. The number of anilines is 1. The van der Waals surface area contributed by atoms with E-state index in [0.29, 0.717) is 18.3 Å². The fourth-order valence-corrected chi connectivity index (χ4v) is 3.57. The smallest absolute Gasteiger partial charge is 0.309 e. The van der Waals surface area contributed by atoms with E-state index in [2.05, 4.69) is 17.3 Å². The van der Waals surface area contributed by atoms with Gasteiger partial charge in [-0.1, -0.05) is 12.1 Å². The molecule has 7 nitrogen and oxygen atoms in total. The Hall–Kier alpha value is -2.83. The lowest BCUT2D eigenvalue weighted by atomic mass is 10.2. The first-order valence-electron chi connectivity index (χ1n) is 9.11. The van der Waals surface area contributed by atoms with Crippen LogP contribution in [0.15, 0.2) is 41.3 Å². The first-order valence-corrected chi connectivity index (χ1v) is 9.11. The Morgan fingerprint density at radius 2 is 1.92 bits per heavy atom. The second-order valence-corrected chi connectivity index (χ2v) is 6.89. The Kier molecular flexibility index (Phi) is 4.14. The Morgan fingerprint density at radius 3 is 2.58 bits per heavy atom. The summed E-state index contributed by atoms with van der Waals surface area (Å²) in [5, 5.41) is 7.27. The predicted molar refractivity (Wildman–Crippen MR) is 100 cm³/mol. The number of aromatic nitrogens is 4. The summed E-state index contributed by atoms with van der Waals surface area (Å²) in [4.78, 5) is 25.3. The molecule has 2 heterocycles. The summed E-state index contributed by atoms with van der Waals surface area (Å²) >= 11 is 0. The number of carbonyl (C=O) groups excluding carboxylic acids is 1. The van der Waals surface area contributed by atoms with Crippen molar-refractivity contribution in [2.24, 2.45) is 5.92 Å². The van der Waals surface area contributed by atoms with Gasteiger partial charge in [0.15, 0.2) is 0 Å². The molecule has 1 unspecified atom stereocenters. The zero-order valence-electron chi connectivity index (χ0n) is 15.1. The van der Waals surface area contributed by atoms with Crippen LogP contribution in [0, 0.1) is 5.92 Å². The highest BCUT2D eigenvalue weighted by molar-refractivity contribution is 5.90. The van der Waals surface area contributed by atoms with Crippen LogP contribution in [0.25, 0.3) is 11.0 Å². The van der Waals surface area contributed by atoms with Crippen molar-refractivity contribution in [3.63, 3.8) is 0 Å². The third-order valence-electron chi connectivity index (χ3n) is 5.17. The molecule has 0 spiro atoms. The summed E-state index contributed by atoms with van der Waals surface area (Å²) in [5.74, 6) is 1.09. The summed E-state index contributed by atoms with van der Waals surface area (Å²) < 4.78 is 5.08. The molecule has 1 atom stereocenters. The normalized spacial score (nSPS) is 15.3. The van der Waals surface area contributed by atoms with Crippen LogP contribution >= 0.6 is 0 Å². The maximum absolute atomic E-state index is 12.7. The van der Waals surface area contributed by atoms with E-state index in [1.807, 2.05) is 35.9 Å². The molecule has 136 valence electrons. The summed E-state index contributed by atoms with van der Waals surface area (Å²) in [7, 11) is 0. The molecule has 26 heavy (non-hydrogen) atoms. The predicted octanol–water partition coefficient (Wildman–Crippen LogP) is 2.63. The van der Waals surface area contributed by atoms with Gasteiger partial charge in [-0.3, -0.25) is 13.9 Å². The van der Waals surface area contributed by atoms with E-state index in [1.54, 1.807) is 16.8 Å². The molecule has 0 bridgehead atoms. The molecule has 0 saturated heterocycles. The number of imidazole rings is 1. The number of fused-ring (bicyclic) bond motifs is 1. The minimum absolute atomic E-state index is 0.0185. The molecule has 1 aliphatic carbocycles. The highest BCUT2D eigenvalue weighted by atomic mass is 16.2. The Balaban J connectivity index is 1.58. The van der Waals surface area contributed by atoms with Gasteiger partial charge in [-0.05, 0) is 44.7 Å². The molecule has 1 aliphatic rings. The lowest BCUT2D eigenvalue weighted by Crippen LogP contribution is -2.30. The highest BCUT2D eigenvalue weighted by Crippen LogP contribution is 2.40. The van der Waals surface area contributed by atoms with E-state index in [0.717, 1.165) is 11.0 Å². The van der Waals surface area contributed by atoms with Crippen molar-refractivity contribution in [2.45, 2.75) is 45.8 Å². The van der Waals surface area contributed by atoms with E-state index in [-0.39, 0.29) is 24.2 Å². The number of aryl methyl sites for hydroxylation is 1. The van der Waals surface area contributed by atoms with Crippen LogP contribution in [-0.2, 0) is 17.9 Å². The van der Waals surface area contributed by atoms with Crippen LogP contribution in [0.1, 0.15) is 32.7 Å². The van der Waals surface area contributed by atoms with E-state index < -0.39 is 0 Å². The number of benzene rings is 1. The Labute approximate surface area is 151 Å². The van der Waals surface area contributed by atoms with Crippen LogP contribution < -0.4 is 11.0 Å². The average Bonchev–Trinajstić information content (AvgIpc) is 3.34. The second-order valence-electron chi connectivity index (χ2n) is 6.89. The van der Waals surface area contributed by atoms with E-state index in [4.69, 9.17) is 0 Å². The number of carbonyl (C=O) groups is 1. The fourth-order valence-electron chi connectivity index (χ4n) is 3.57. The molecule has 1 aromatic carbocycles. The number of rotatable bonds is 6. The van der Waals surface area contributed by atoms with Crippen LogP contribution in [0.3, 0.4) is 0 Å². The van der Waals surface area contributed by atoms with Gasteiger partial charge in [-0.2, -0.15) is 5.10 Å². The van der Waals surface area contributed by atoms with Crippen molar-refractivity contribution in [1.82, 2.24) is 18.9 Å². The van der Waals surface area contributed by atoms with Gasteiger partial charge in [-0.25, -0.2) is 9.48 Å². The minimum atomic E-state index is -0.226. The summed E-state index contributed by atoms with van der Waals surface area (Å²) in [5.41, 5.74) is 1.46. The monoisotopic (exact) mass is 353 g/mol. The van der Waals surface area contributed by atoms with Gasteiger partial charge in [0.1, 0.15) is 12.4 Å². The van der Waals surface area contributed by atoms with E-state index in [9.17, 15) is 9.59 Å². The first kappa shape index (κ1) is 16.6. The van der Waals surface area contributed by atoms with Crippen LogP contribution in [0.2, 0.25) is 0 Å². The number of nitrogens with zero attached hydrogens (tertiary/aromatic N) is 4. The van der Waals surface area contributed by atoms with Crippen molar-refractivity contribution in [1.29, 1.82) is 0 Å². The lowest BCUT2D eigenvalue weighted by molar-refractivity contribution is -0.116. The molecule has 4 rings (SSSR count). The number of hydrogen-bond donors (Lipinski definition) is 1. The van der Waals surface area contributed by atoms with Crippen LogP contribution in [-0.4, -0.2) is 24.8 Å². The molecule has 3 aromatic rings. The fraction of sp³-hybridized carbons (Fsp3) is 0.421. The van der Waals surface area contributed by atoms with E-state index in [1.165, 1.54) is 17.4 Å². The summed E-state index contributed by atoms with van der Waals surface area (Å²) in [6.45, 7) is 4.60. The number of hydrogen-bond acceptors (Lipinski definition) is 3. The van der Waals surface area contributed by atoms with Gasteiger partial charge in [0, 0.05) is 12.6 Å². The number of amides is 1. The lowest BCUT2D eigenvalue weighted by Gasteiger charge is -2.15. The van der Waals surface area contributed by atoms with Crippen molar-refractivity contribution >= 4 is 22.8 Å². The van der Waals surface area contributed by atoms with E-state index >= 15 is 0 Å². The topological polar surface area (TPSA) is 73.8 Å². The molecule has 2 aromatic heterocycles. The van der Waals surface area contributed by atoms with Gasteiger partial charge < -0.3 is 5.32 Å². The summed E-state index contributed by atoms with van der Waals surface area (Å²) in [6.07, 6.45) is 4.12. The van der Waals surface area contributed by atoms with Gasteiger partial charge >= 0.3 is 5.69 Å². The van der Waals surface area contributed by atoms with Gasteiger partial charge in [0.2, 0.25) is 5.91 Å². The zero-order valence-corrected chi connectivity index (χ0v) is 15.1. The van der Waals surface area contributed by atoms with Gasteiger partial charge in [0.25, 0.3) is 0 Å². The third-order valence-corrected chi connectivity index (χ3v) is 5.17. The van der Waals surface area contributed by atoms with Gasteiger partial charge in [-0.15, -0.1) is 0 Å². The average molecular weight is 353 g/mol. The maximum atomic E-state index is 12.7. The van der Waals surface area contributed by atoms with Crippen LogP contribution in [0.4, 0.5) is 5.82 Å². The maximum Gasteiger partial charge on any atom is 0.329 e. The molecule has 1 saturated carbocycles. The quantitative estimate of drug-likeness (QED) is 0.740. The molecule has 1 N–H and O–H groups in total. The number of nitrogens with one attached hydrogen (secondary N) is 1. The highest BCUT2D eigenvalue weighted by Gasteiger charge is 2.30. The van der Waals surface area contributed by atoms with Crippen molar-refractivity contribution in [3.05, 3.63) is 47.0 Å². The SMILES string of the molecule is CCn1c(=O)n(CC(=O)Nc2ccnn2C(C)C2CC2)c2ccccc21. The molecule has 1 fully saturated rings. The Bertz CT molecular complexity index is 1010. The zero-order chi connectivity index (χ0) is 18.3. The second kappa shape index (κ2) is 6.48. The molecule has 1 amide bonds. The first-order chi connectivity index (χ1) is 12.6. The third kappa shape index (κ3) is 2.83. The largest absolute Gasteiger partial charge is 0.329 e. The number of para-hydroxylation sites is 2. The molecule has 0 radical (unpaired) electrons. The molecular formula is C19H23N5O2. The standard InChI is InChI=1S/C19H23N5O2/c1-3-22-15-6-4-5-7-16(15)23(19(22)26)12-18(25)21-17-10-11-20-24(17)13(2)14-8-9-14/h4-7,10-11,13-14H,3,8-9,12H2,1-2H3,(H,21,25). The van der Waals surface area contributed by atoms with Crippen molar-refractivity contribution < 1.29 is 4.79 Å². The van der Waals surface area contributed by atoms with Gasteiger partial charge in [0.05, 0.1) is 23.3 Å². The summed E-state index contributed by atoms with van der Waals surface area (Å²) in [6, 6.07) is 9.62. The molecular weight excluding hydrogens is 330 g/mol. The molecule has 0 aliphatic heterocycles. The van der Waals surface area contributed by atoms with Crippen LogP contribution in [0.5, 0.6) is 0 Å². The minimum Gasteiger partial charge on any atom is -0.309 e. The van der Waals surface area contributed by atoms with Crippen molar-refractivity contribution in [2.75, 3.05) is 5.32 Å². The van der Waals surface area contributed by atoms with Crippen molar-refractivity contribution in [3.8, 4) is 0 Å². The molecule has 7 heteroatoms.